The summed E-state index contributed by atoms with van der Waals surface area (Å²) in [5, 5.41) is 5.31. The number of rotatable bonds is 1. The van der Waals surface area contributed by atoms with Gasteiger partial charge in [-0.25, -0.2) is 0 Å². The fourth-order valence-corrected chi connectivity index (χ4v) is 0. The van der Waals surface area contributed by atoms with Gasteiger partial charge < -0.3 is 5.40 Å². The van der Waals surface area contributed by atoms with Crippen molar-refractivity contribution in [2.24, 2.45) is 5.40 Å². The maximum atomic E-state index is 5.31. The standard InChI is InChI=1S/C3H9NSi/c1-3-5(2)4/h3,5H,1,4H2,2H3. The number of hydrogen-bond donors (Lipinski definition) is 1. The van der Waals surface area contributed by atoms with Crippen molar-refractivity contribution in [1.82, 2.24) is 0 Å². The minimum absolute atomic E-state index is 0.886. The Hall–Kier alpha value is -0.0831. The van der Waals surface area contributed by atoms with Crippen LogP contribution in [0.5, 0.6) is 0 Å². The Morgan fingerprint density at radius 2 is 2.20 bits per heavy atom. The molecule has 0 bridgehead atoms. The molecule has 0 heterocycles. The van der Waals surface area contributed by atoms with Crippen LogP contribution >= 0.6 is 0 Å². The Balaban J connectivity index is 2.83. The van der Waals surface area contributed by atoms with Gasteiger partial charge in [-0.3, -0.25) is 0 Å². The second kappa shape index (κ2) is 2.17. The summed E-state index contributed by atoms with van der Waals surface area (Å²) in [5.41, 5.74) is 1.83. The van der Waals surface area contributed by atoms with Gasteiger partial charge in [-0.05, 0) is 0 Å². The van der Waals surface area contributed by atoms with E-state index in [1.54, 1.807) is 0 Å². The highest BCUT2D eigenvalue weighted by Gasteiger charge is 1.77. The highest BCUT2D eigenvalue weighted by Crippen LogP contribution is 1.61. The van der Waals surface area contributed by atoms with Gasteiger partial charge in [-0.15, -0.1) is 6.58 Å². The monoisotopic (exact) mass is 87.1 g/mol. The zero-order valence-corrected chi connectivity index (χ0v) is 4.59. The van der Waals surface area contributed by atoms with Gasteiger partial charge >= 0.3 is 0 Å². The van der Waals surface area contributed by atoms with Crippen LogP contribution in [0.4, 0.5) is 0 Å². The number of hydrogen-bond acceptors (Lipinski definition) is 1. The van der Waals surface area contributed by atoms with Crippen LogP contribution in [-0.4, -0.2) is 8.96 Å². The van der Waals surface area contributed by atoms with E-state index in [-0.39, 0.29) is 0 Å². The Morgan fingerprint density at radius 3 is 2.20 bits per heavy atom. The van der Waals surface area contributed by atoms with Gasteiger partial charge in [0.25, 0.3) is 0 Å². The van der Waals surface area contributed by atoms with Gasteiger partial charge in [0.15, 0.2) is 0 Å². The lowest BCUT2D eigenvalue weighted by Gasteiger charge is -1.82. The van der Waals surface area contributed by atoms with E-state index in [2.05, 4.69) is 6.58 Å². The van der Waals surface area contributed by atoms with E-state index in [1.807, 2.05) is 12.2 Å². The molecule has 1 nitrogen and oxygen atoms in total. The second-order valence-electron chi connectivity index (χ2n) is 1.09. The average Bonchev–Trinajstić information content (AvgIpc) is 1.38. The van der Waals surface area contributed by atoms with Crippen molar-refractivity contribution in [3.8, 4) is 0 Å². The van der Waals surface area contributed by atoms with Gasteiger partial charge in [0.05, 0.1) is 0 Å². The Labute approximate surface area is 34.2 Å². The second-order valence-corrected chi connectivity index (χ2v) is 3.28. The van der Waals surface area contributed by atoms with E-state index >= 15 is 0 Å². The molecule has 0 aliphatic heterocycles. The zero-order chi connectivity index (χ0) is 4.28. The molecule has 0 aromatic rings. The largest absolute Gasteiger partial charge is 0.350 e. The molecule has 0 saturated carbocycles. The fourth-order valence-electron chi connectivity index (χ4n) is 0. The summed E-state index contributed by atoms with van der Waals surface area (Å²) in [5.74, 6) is 0. The first-order valence-electron chi connectivity index (χ1n) is 1.65. The first-order chi connectivity index (χ1) is 2.27. The van der Waals surface area contributed by atoms with Crippen LogP contribution in [0.3, 0.4) is 0 Å². The van der Waals surface area contributed by atoms with Crippen LogP contribution in [-0.2, 0) is 0 Å². The third-order valence-electron chi connectivity index (χ3n) is 0.372. The molecule has 2 N–H and O–H groups in total. The zero-order valence-electron chi connectivity index (χ0n) is 3.44. The first kappa shape index (κ1) is 4.92. The molecule has 0 aliphatic rings. The van der Waals surface area contributed by atoms with Crippen LogP contribution in [0, 0.1) is 0 Å². The Bertz CT molecular complexity index is 33.9. The van der Waals surface area contributed by atoms with Gasteiger partial charge in [-0.2, -0.15) is 0 Å². The van der Waals surface area contributed by atoms with Crippen LogP contribution in [0.25, 0.3) is 0 Å². The normalized spacial score (nSPS) is 14.0. The van der Waals surface area contributed by atoms with Crippen molar-refractivity contribution in [1.29, 1.82) is 0 Å². The summed E-state index contributed by atoms with van der Waals surface area (Å²) in [6.07, 6.45) is 0. The van der Waals surface area contributed by atoms with Gasteiger partial charge in [0, 0.05) is 0 Å². The van der Waals surface area contributed by atoms with E-state index in [4.69, 9.17) is 5.40 Å². The predicted molar refractivity (Wildman–Crippen MR) is 27.4 cm³/mol. The average molecular weight is 87.2 g/mol. The van der Waals surface area contributed by atoms with Crippen molar-refractivity contribution >= 4 is 8.96 Å². The topological polar surface area (TPSA) is 26.0 Å². The van der Waals surface area contributed by atoms with Crippen LogP contribution in [0.15, 0.2) is 12.3 Å². The van der Waals surface area contributed by atoms with E-state index < -0.39 is 8.96 Å². The van der Waals surface area contributed by atoms with Crippen LogP contribution in [0.1, 0.15) is 0 Å². The van der Waals surface area contributed by atoms with Crippen molar-refractivity contribution in [2.75, 3.05) is 0 Å². The van der Waals surface area contributed by atoms with E-state index in [9.17, 15) is 0 Å². The molecule has 0 aromatic heterocycles. The summed E-state index contributed by atoms with van der Waals surface area (Å²) in [6, 6.07) is 0. The van der Waals surface area contributed by atoms with E-state index in [0.29, 0.717) is 0 Å². The smallest absolute Gasteiger partial charge is 0.127 e. The van der Waals surface area contributed by atoms with Gasteiger partial charge in [0.1, 0.15) is 8.96 Å². The van der Waals surface area contributed by atoms with Gasteiger partial charge in [0.2, 0.25) is 0 Å². The molecule has 1 unspecified atom stereocenters. The lowest BCUT2D eigenvalue weighted by atomic mass is 11.3. The number of nitrogens with two attached hydrogens (primary N) is 1. The Morgan fingerprint density at radius 1 is 2.00 bits per heavy atom. The molecule has 0 aliphatic carbocycles. The third kappa shape index (κ3) is 3.92. The molecule has 30 valence electrons. The molecule has 0 spiro atoms. The molecule has 0 aromatic carbocycles. The quantitative estimate of drug-likeness (QED) is 0.448. The molecule has 5 heavy (non-hydrogen) atoms. The highest BCUT2D eigenvalue weighted by atomic mass is 28.3. The highest BCUT2D eigenvalue weighted by molar-refractivity contribution is 6.59. The van der Waals surface area contributed by atoms with E-state index in [0.717, 1.165) is 0 Å². The Kier molecular flexibility index (Phi) is 2.14. The summed E-state index contributed by atoms with van der Waals surface area (Å²) in [6.45, 7) is 5.52. The lowest BCUT2D eigenvalue weighted by molar-refractivity contribution is 1.80. The van der Waals surface area contributed by atoms with Crippen molar-refractivity contribution in [3.05, 3.63) is 12.3 Å². The lowest BCUT2D eigenvalue weighted by Crippen LogP contribution is -2.16. The maximum absolute atomic E-state index is 5.31. The summed E-state index contributed by atoms with van der Waals surface area (Å²) >= 11 is 0. The molecule has 0 amide bonds. The van der Waals surface area contributed by atoms with Crippen LogP contribution in [0.2, 0.25) is 6.55 Å². The molecule has 1 atom stereocenters. The van der Waals surface area contributed by atoms with Crippen molar-refractivity contribution < 1.29 is 0 Å². The first-order valence-corrected chi connectivity index (χ1v) is 4.14. The summed E-state index contributed by atoms with van der Waals surface area (Å²) in [4.78, 5) is 0. The molecule has 0 fully saturated rings. The minimum Gasteiger partial charge on any atom is -0.350 e. The molecule has 0 radical (unpaired) electrons. The summed E-state index contributed by atoms with van der Waals surface area (Å²) < 4.78 is 0. The molecule has 0 saturated heterocycles. The molecule has 0 rings (SSSR count). The summed E-state index contributed by atoms with van der Waals surface area (Å²) in [7, 11) is -0.886. The minimum atomic E-state index is -0.886. The van der Waals surface area contributed by atoms with Gasteiger partial charge in [-0.1, -0.05) is 12.2 Å². The molecular formula is C3H9NSi. The molecular weight excluding hydrogens is 78.1 g/mol. The molecule has 2 heteroatoms. The van der Waals surface area contributed by atoms with E-state index in [1.165, 1.54) is 0 Å². The predicted octanol–water partition coefficient (Wildman–Crippen LogP) is 0.0239. The maximum Gasteiger partial charge on any atom is 0.127 e. The van der Waals surface area contributed by atoms with Crippen molar-refractivity contribution in [3.63, 3.8) is 0 Å². The van der Waals surface area contributed by atoms with Crippen LogP contribution < -0.4 is 5.40 Å². The van der Waals surface area contributed by atoms with Crippen molar-refractivity contribution in [2.45, 2.75) is 6.55 Å². The third-order valence-corrected chi connectivity index (χ3v) is 1.12. The SMILES string of the molecule is C=C[SiH](C)N. The fraction of sp³-hybridized carbons (Fsp3) is 0.333.